The second-order valence-corrected chi connectivity index (χ2v) is 5.76. The Bertz CT molecular complexity index is 593. The Kier molecular flexibility index (Phi) is 5.24. The molecule has 3 nitrogen and oxygen atoms in total. The maximum atomic E-state index is 11.0. The molecule has 4 heteroatoms. The van der Waals surface area contributed by atoms with Crippen molar-refractivity contribution in [2.24, 2.45) is 0 Å². The molecule has 118 valence electrons. The summed E-state index contributed by atoms with van der Waals surface area (Å²) in [6.45, 7) is 2.59. The van der Waals surface area contributed by atoms with Crippen molar-refractivity contribution in [2.75, 3.05) is 13.6 Å². The number of hydrogen-bond donors (Lipinski definition) is 1. The van der Waals surface area contributed by atoms with Crippen molar-refractivity contribution in [3.8, 4) is 0 Å². The number of benzene rings is 2. The molecule has 0 aliphatic carbocycles. The maximum absolute atomic E-state index is 11.0. The summed E-state index contributed by atoms with van der Waals surface area (Å²) >= 11 is 0. The summed E-state index contributed by atoms with van der Waals surface area (Å²) in [4.78, 5) is 2.15. The molecular formula is C18H22ClNO2. The average molecular weight is 320 g/mol. The van der Waals surface area contributed by atoms with Gasteiger partial charge < -0.3 is 9.84 Å². The van der Waals surface area contributed by atoms with Crippen molar-refractivity contribution in [2.45, 2.75) is 24.9 Å². The van der Waals surface area contributed by atoms with Gasteiger partial charge in [-0.2, -0.15) is 0 Å². The fourth-order valence-electron chi connectivity index (χ4n) is 2.91. The molecule has 3 rings (SSSR count). The first-order valence-electron chi connectivity index (χ1n) is 7.31. The lowest BCUT2D eigenvalue weighted by atomic mass is 9.96. The molecule has 3 atom stereocenters. The summed E-state index contributed by atoms with van der Waals surface area (Å²) in [5, 5.41) is 11.0. The molecule has 1 aliphatic rings. The number of likely N-dealkylation sites (N-methyl/N-ethyl adjacent to an activating group) is 1. The highest BCUT2D eigenvalue weighted by Gasteiger charge is 2.43. The van der Waals surface area contributed by atoms with E-state index in [-0.39, 0.29) is 24.6 Å². The number of morpholine rings is 1. The van der Waals surface area contributed by atoms with Crippen LogP contribution in [-0.2, 0) is 10.5 Å². The molecule has 1 heterocycles. The van der Waals surface area contributed by atoms with E-state index in [1.807, 2.05) is 67.7 Å². The third kappa shape index (κ3) is 3.18. The zero-order valence-electron chi connectivity index (χ0n) is 12.8. The molecule has 1 aliphatic heterocycles. The van der Waals surface area contributed by atoms with Gasteiger partial charge in [0.2, 0.25) is 5.79 Å². The number of rotatable bonds is 2. The van der Waals surface area contributed by atoms with Gasteiger partial charge in [0.05, 0.1) is 6.54 Å². The summed E-state index contributed by atoms with van der Waals surface area (Å²) in [6.07, 6.45) is -0.157. The van der Waals surface area contributed by atoms with Crippen LogP contribution in [0, 0.1) is 0 Å². The molecule has 22 heavy (non-hydrogen) atoms. The van der Waals surface area contributed by atoms with Gasteiger partial charge in [0, 0.05) is 11.6 Å². The van der Waals surface area contributed by atoms with Crippen LogP contribution in [0.25, 0.3) is 0 Å². The molecule has 0 saturated carbocycles. The van der Waals surface area contributed by atoms with Gasteiger partial charge in [-0.05, 0) is 19.5 Å². The van der Waals surface area contributed by atoms with E-state index in [4.69, 9.17) is 4.74 Å². The highest BCUT2D eigenvalue weighted by molar-refractivity contribution is 5.85. The number of aliphatic hydroxyl groups is 1. The first-order chi connectivity index (χ1) is 10.1. The summed E-state index contributed by atoms with van der Waals surface area (Å²) in [6, 6.07) is 19.9. The van der Waals surface area contributed by atoms with Crippen molar-refractivity contribution < 1.29 is 9.84 Å². The molecule has 0 aromatic heterocycles. The van der Waals surface area contributed by atoms with E-state index >= 15 is 0 Å². The van der Waals surface area contributed by atoms with Crippen LogP contribution in [0.5, 0.6) is 0 Å². The molecule has 0 bridgehead atoms. The summed E-state index contributed by atoms with van der Waals surface area (Å²) in [5.41, 5.74) is 1.88. The SMILES string of the molecule is C[C@@H]1[C@@H](c2ccccc2)O[C@@](O)(c2ccccc2)CN1C.Cl. The summed E-state index contributed by atoms with van der Waals surface area (Å²) in [5.74, 6) is -1.27. The van der Waals surface area contributed by atoms with Gasteiger partial charge in [-0.25, -0.2) is 0 Å². The van der Waals surface area contributed by atoms with Crippen LogP contribution >= 0.6 is 12.4 Å². The molecule has 2 aromatic rings. The third-order valence-electron chi connectivity index (χ3n) is 4.27. The zero-order chi connectivity index (χ0) is 14.9. The summed E-state index contributed by atoms with van der Waals surface area (Å²) < 4.78 is 6.14. The van der Waals surface area contributed by atoms with Crippen LogP contribution in [0.3, 0.4) is 0 Å². The topological polar surface area (TPSA) is 32.7 Å². The van der Waals surface area contributed by atoms with Crippen LogP contribution in [0.2, 0.25) is 0 Å². The lowest BCUT2D eigenvalue weighted by Gasteiger charge is -2.46. The minimum atomic E-state index is -1.27. The Labute approximate surface area is 137 Å². The van der Waals surface area contributed by atoms with E-state index in [2.05, 4.69) is 11.8 Å². The lowest BCUT2D eigenvalue weighted by molar-refractivity contribution is -0.289. The van der Waals surface area contributed by atoms with E-state index in [1.165, 1.54) is 0 Å². The van der Waals surface area contributed by atoms with Gasteiger partial charge in [0.1, 0.15) is 6.10 Å². The Morgan fingerprint density at radius 3 is 2.18 bits per heavy atom. The molecule has 0 amide bonds. The summed E-state index contributed by atoms with van der Waals surface area (Å²) in [7, 11) is 2.02. The normalized spacial score (nSPS) is 28.9. The van der Waals surface area contributed by atoms with Gasteiger partial charge >= 0.3 is 0 Å². The van der Waals surface area contributed by atoms with Crippen molar-refractivity contribution in [3.05, 3.63) is 71.8 Å². The standard InChI is InChI=1S/C18H21NO2.ClH/c1-14-17(15-9-5-3-6-10-15)21-18(20,13-19(14)2)16-11-7-4-8-12-16;/h3-12,14,17,20H,13H2,1-2H3;1H/t14-,17+,18-;/m1./s1. The average Bonchev–Trinajstić information content (AvgIpc) is 2.53. The van der Waals surface area contributed by atoms with Gasteiger partial charge in [-0.1, -0.05) is 60.7 Å². The molecule has 0 radical (unpaired) electrons. The van der Waals surface area contributed by atoms with Crippen LogP contribution < -0.4 is 0 Å². The predicted octanol–water partition coefficient (Wildman–Crippen LogP) is 3.35. The Balaban J connectivity index is 0.00000176. The Morgan fingerprint density at radius 1 is 1.05 bits per heavy atom. The number of hydrogen-bond acceptors (Lipinski definition) is 3. The second kappa shape index (κ2) is 6.80. The van der Waals surface area contributed by atoms with Gasteiger partial charge in [-0.3, -0.25) is 4.90 Å². The number of halogens is 1. The number of nitrogens with zero attached hydrogens (tertiary/aromatic N) is 1. The van der Waals surface area contributed by atoms with Crippen LogP contribution in [0.1, 0.15) is 24.2 Å². The number of β-amino-alcohol motifs (C(OH)–C–C–N with tert-alkyl or cyclic N) is 1. The number of ether oxygens (including phenoxy) is 1. The van der Waals surface area contributed by atoms with Crippen molar-refractivity contribution >= 4 is 12.4 Å². The van der Waals surface area contributed by atoms with Crippen molar-refractivity contribution in [1.82, 2.24) is 4.90 Å². The van der Waals surface area contributed by atoms with Gasteiger partial charge in [0.15, 0.2) is 0 Å². The molecule has 0 spiro atoms. The Hall–Kier alpha value is -1.39. The van der Waals surface area contributed by atoms with Gasteiger partial charge in [0.25, 0.3) is 0 Å². The fraction of sp³-hybridized carbons (Fsp3) is 0.333. The van der Waals surface area contributed by atoms with E-state index in [0.717, 1.165) is 11.1 Å². The first kappa shape index (κ1) is 17.0. The van der Waals surface area contributed by atoms with Gasteiger partial charge in [-0.15, -0.1) is 12.4 Å². The maximum Gasteiger partial charge on any atom is 0.206 e. The molecular weight excluding hydrogens is 298 g/mol. The second-order valence-electron chi connectivity index (χ2n) is 5.76. The van der Waals surface area contributed by atoms with Crippen LogP contribution in [-0.4, -0.2) is 29.6 Å². The third-order valence-corrected chi connectivity index (χ3v) is 4.27. The van der Waals surface area contributed by atoms with E-state index < -0.39 is 5.79 Å². The van der Waals surface area contributed by atoms with Crippen LogP contribution in [0.15, 0.2) is 60.7 Å². The van der Waals surface area contributed by atoms with Crippen molar-refractivity contribution in [1.29, 1.82) is 0 Å². The quantitative estimate of drug-likeness (QED) is 0.921. The van der Waals surface area contributed by atoms with E-state index in [9.17, 15) is 5.11 Å². The smallest absolute Gasteiger partial charge is 0.206 e. The molecule has 0 unspecified atom stereocenters. The molecule has 1 fully saturated rings. The first-order valence-corrected chi connectivity index (χ1v) is 7.31. The highest BCUT2D eigenvalue weighted by atomic mass is 35.5. The zero-order valence-corrected chi connectivity index (χ0v) is 13.7. The Morgan fingerprint density at radius 2 is 1.59 bits per heavy atom. The van der Waals surface area contributed by atoms with Crippen LogP contribution in [0.4, 0.5) is 0 Å². The van der Waals surface area contributed by atoms with Crippen molar-refractivity contribution in [3.63, 3.8) is 0 Å². The lowest BCUT2D eigenvalue weighted by Crippen LogP contribution is -2.53. The molecule has 1 N–H and O–H groups in total. The van der Waals surface area contributed by atoms with E-state index in [0.29, 0.717) is 6.54 Å². The minimum absolute atomic E-state index is 0. The largest absolute Gasteiger partial charge is 0.361 e. The van der Waals surface area contributed by atoms with E-state index in [1.54, 1.807) is 0 Å². The monoisotopic (exact) mass is 319 g/mol. The predicted molar refractivity (Wildman–Crippen MR) is 89.9 cm³/mol. The fourth-order valence-corrected chi connectivity index (χ4v) is 2.91. The molecule has 1 saturated heterocycles. The highest BCUT2D eigenvalue weighted by Crippen LogP contribution is 2.38. The molecule has 2 aromatic carbocycles. The minimum Gasteiger partial charge on any atom is -0.361 e.